The second-order valence-electron chi connectivity index (χ2n) is 5.25. The van der Waals surface area contributed by atoms with Crippen LogP contribution in [0.1, 0.15) is 19.3 Å². The molecule has 0 unspecified atom stereocenters. The van der Waals surface area contributed by atoms with Crippen molar-refractivity contribution in [2.75, 3.05) is 18.7 Å². The van der Waals surface area contributed by atoms with Gasteiger partial charge in [-0.15, -0.1) is 0 Å². The van der Waals surface area contributed by atoms with Crippen LogP contribution in [0.4, 0.5) is 5.69 Å². The van der Waals surface area contributed by atoms with Crippen LogP contribution in [0.15, 0.2) is 30.4 Å². The maximum atomic E-state index is 11.8. The van der Waals surface area contributed by atoms with Crippen molar-refractivity contribution in [2.45, 2.75) is 19.3 Å². The minimum Gasteiger partial charge on any atom is -0.456 e. The number of ether oxygens (including phenoxy) is 3. The van der Waals surface area contributed by atoms with Crippen LogP contribution < -0.4 is 14.8 Å². The zero-order valence-electron chi connectivity index (χ0n) is 12.0. The van der Waals surface area contributed by atoms with Crippen LogP contribution in [0.2, 0.25) is 0 Å². The van der Waals surface area contributed by atoms with Gasteiger partial charge in [0.05, 0.1) is 6.42 Å². The maximum absolute atomic E-state index is 11.8. The van der Waals surface area contributed by atoms with Crippen molar-refractivity contribution in [1.82, 2.24) is 0 Å². The topological polar surface area (TPSA) is 73.9 Å². The van der Waals surface area contributed by atoms with E-state index in [0.29, 0.717) is 23.6 Å². The van der Waals surface area contributed by atoms with Crippen LogP contribution in [0.25, 0.3) is 0 Å². The van der Waals surface area contributed by atoms with Crippen molar-refractivity contribution in [2.24, 2.45) is 5.92 Å². The summed E-state index contributed by atoms with van der Waals surface area (Å²) in [7, 11) is 0. The molecule has 0 saturated carbocycles. The highest BCUT2D eigenvalue weighted by molar-refractivity contribution is 5.93. The van der Waals surface area contributed by atoms with Crippen LogP contribution in [-0.4, -0.2) is 25.3 Å². The van der Waals surface area contributed by atoms with E-state index in [1.165, 1.54) is 0 Å². The van der Waals surface area contributed by atoms with Gasteiger partial charge in [0.2, 0.25) is 6.79 Å². The van der Waals surface area contributed by atoms with Gasteiger partial charge in [0.15, 0.2) is 18.1 Å². The average molecular weight is 303 g/mol. The summed E-state index contributed by atoms with van der Waals surface area (Å²) in [6.45, 7) is -0.107. The molecule has 0 spiro atoms. The van der Waals surface area contributed by atoms with Crippen LogP contribution >= 0.6 is 0 Å². The summed E-state index contributed by atoms with van der Waals surface area (Å²) in [4.78, 5) is 23.4. The SMILES string of the molecule is O=C(COC(=O)C[C@H]1C=CCC1)Nc1ccc2c(c1)OCO2. The highest BCUT2D eigenvalue weighted by Gasteiger charge is 2.17. The summed E-state index contributed by atoms with van der Waals surface area (Å²) in [5.74, 6) is 0.743. The Labute approximate surface area is 128 Å². The van der Waals surface area contributed by atoms with E-state index in [2.05, 4.69) is 11.4 Å². The summed E-state index contributed by atoms with van der Waals surface area (Å²) >= 11 is 0. The Morgan fingerprint density at radius 1 is 1.27 bits per heavy atom. The quantitative estimate of drug-likeness (QED) is 0.667. The number of fused-ring (bicyclic) bond motifs is 1. The number of anilines is 1. The zero-order chi connectivity index (χ0) is 15.4. The van der Waals surface area contributed by atoms with Crippen molar-refractivity contribution in [3.05, 3.63) is 30.4 Å². The number of rotatable bonds is 5. The molecule has 2 aliphatic rings. The minimum absolute atomic E-state index is 0.181. The standard InChI is InChI=1S/C16H17NO5/c18-15(9-20-16(19)7-11-3-1-2-4-11)17-12-5-6-13-14(8-12)22-10-21-13/h1,3,5-6,8,11H,2,4,7,9-10H2,(H,17,18)/t11-/m0/s1. The molecular formula is C16H17NO5. The first-order chi connectivity index (χ1) is 10.7. The molecule has 6 nitrogen and oxygen atoms in total. The van der Waals surface area contributed by atoms with Gasteiger partial charge in [-0.25, -0.2) is 0 Å². The van der Waals surface area contributed by atoms with E-state index < -0.39 is 0 Å². The second kappa shape index (κ2) is 6.51. The number of carbonyl (C=O) groups excluding carboxylic acids is 2. The Kier molecular flexibility index (Phi) is 4.27. The molecule has 0 radical (unpaired) electrons. The number of allylic oxidation sites excluding steroid dienone is 2. The molecule has 116 valence electrons. The van der Waals surface area contributed by atoms with E-state index in [9.17, 15) is 9.59 Å². The second-order valence-corrected chi connectivity index (χ2v) is 5.25. The highest BCUT2D eigenvalue weighted by Crippen LogP contribution is 2.34. The largest absolute Gasteiger partial charge is 0.456 e. The molecule has 1 aliphatic heterocycles. The van der Waals surface area contributed by atoms with E-state index in [4.69, 9.17) is 14.2 Å². The average Bonchev–Trinajstić information content (AvgIpc) is 3.15. The number of benzene rings is 1. The molecule has 0 saturated heterocycles. The first kappa shape index (κ1) is 14.4. The first-order valence-corrected chi connectivity index (χ1v) is 7.22. The smallest absolute Gasteiger partial charge is 0.306 e. The molecular weight excluding hydrogens is 286 g/mol. The summed E-state index contributed by atoms with van der Waals surface area (Å²) in [5, 5.41) is 2.65. The Hall–Kier alpha value is -2.50. The van der Waals surface area contributed by atoms with Gasteiger partial charge in [0.1, 0.15) is 0 Å². The first-order valence-electron chi connectivity index (χ1n) is 7.22. The van der Waals surface area contributed by atoms with Crippen molar-refractivity contribution < 1.29 is 23.8 Å². The fourth-order valence-corrected chi connectivity index (χ4v) is 2.46. The molecule has 0 bridgehead atoms. The fourth-order valence-electron chi connectivity index (χ4n) is 2.46. The maximum Gasteiger partial charge on any atom is 0.306 e. The van der Waals surface area contributed by atoms with Gasteiger partial charge in [0.25, 0.3) is 5.91 Å². The molecule has 22 heavy (non-hydrogen) atoms. The Balaban J connectivity index is 1.44. The van der Waals surface area contributed by atoms with Gasteiger partial charge in [0, 0.05) is 11.8 Å². The summed E-state index contributed by atoms with van der Waals surface area (Å²) in [5.41, 5.74) is 0.573. The molecule has 0 aromatic heterocycles. The predicted molar refractivity (Wildman–Crippen MR) is 78.6 cm³/mol. The van der Waals surface area contributed by atoms with Gasteiger partial charge in [-0.2, -0.15) is 0 Å². The Bertz CT molecular complexity index is 611. The lowest BCUT2D eigenvalue weighted by Gasteiger charge is -2.09. The van der Waals surface area contributed by atoms with Crippen molar-refractivity contribution >= 4 is 17.6 Å². The number of hydrogen-bond acceptors (Lipinski definition) is 5. The Morgan fingerprint density at radius 3 is 2.95 bits per heavy atom. The normalized spacial score (nSPS) is 18.3. The molecule has 1 N–H and O–H groups in total. The molecule has 1 aromatic carbocycles. The predicted octanol–water partition coefficient (Wildman–Crippen LogP) is 2.25. The number of hydrogen-bond donors (Lipinski definition) is 1. The molecule has 0 fully saturated rings. The molecule has 1 heterocycles. The Morgan fingerprint density at radius 2 is 2.14 bits per heavy atom. The lowest BCUT2D eigenvalue weighted by molar-refractivity contribution is -0.147. The van der Waals surface area contributed by atoms with Crippen LogP contribution in [-0.2, 0) is 14.3 Å². The lowest BCUT2D eigenvalue weighted by atomic mass is 10.1. The van der Waals surface area contributed by atoms with Crippen LogP contribution in [0.3, 0.4) is 0 Å². The molecule has 1 amide bonds. The number of carbonyl (C=O) groups is 2. The summed E-state index contributed by atoms with van der Waals surface area (Å²) < 4.78 is 15.4. The summed E-state index contributed by atoms with van der Waals surface area (Å²) in [6, 6.07) is 5.10. The third-order valence-electron chi connectivity index (χ3n) is 3.56. The van der Waals surface area contributed by atoms with E-state index in [-0.39, 0.29) is 31.2 Å². The van der Waals surface area contributed by atoms with Crippen molar-refractivity contribution in [3.8, 4) is 11.5 Å². The molecule has 1 aromatic rings. The van der Waals surface area contributed by atoms with Crippen molar-refractivity contribution in [1.29, 1.82) is 0 Å². The van der Waals surface area contributed by atoms with E-state index in [1.807, 2.05) is 6.08 Å². The monoisotopic (exact) mass is 303 g/mol. The van der Waals surface area contributed by atoms with E-state index >= 15 is 0 Å². The third kappa shape index (κ3) is 3.58. The number of nitrogens with one attached hydrogen (secondary N) is 1. The lowest BCUT2D eigenvalue weighted by Crippen LogP contribution is -2.21. The van der Waals surface area contributed by atoms with E-state index in [0.717, 1.165) is 12.8 Å². The van der Waals surface area contributed by atoms with Gasteiger partial charge in [-0.3, -0.25) is 9.59 Å². The van der Waals surface area contributed by atoms with Crippen LogP contribution in [0, 0.1) is 5.92 Å². The minimum atomic E-state index is -0.380. The van der Waals surface area contributed by atoms with E-state index in [1.54, 1.807) is 18.2 Å². The van der Waals surface area contributed by atoms with Crippen LogP contribution in [0.5, 0.6) is 11.5 Å². The third-order valence-corrected chi connectivity index (χ3v) is 3.56. The molecule has 1 atom stereocenters. The fraction of sp³-hybridized carbons (Fsp3) is 0.375. The molecule has 6 heteroatoms. The highest BCUT2D eigenvalue weighted by atomic mass is 16.7. The van der Waals surface area contributed by atoms with Crippen molar-refractivity contribution in [3.63, 3.8) is 0 Å². The van der Waals surface area contributed by atoms with Gasteiger partial charge >= 0.3 is 5.97 Å². The van der Waals surface area contributed by atoms with Gasteiger partial charge in [-0.1, -0.05) is 12.2 Å². The zero-order valence-corrected chi connectivity index (χ0v) is 12.0. The van der Waals surface area contributed by atoms with Gasteiger partial charge < -0.3 is 19.5 Å². The molecule has 3 rings (SSSR count). The molecule has 1 aliphatic carbocycles. The number of amides is 1. The van der Waals surface area contributed by atoms with Gasteiger partial charge in [-0.05, 0) is 30.9 Å². The summed E-state index contributed by atoms with van der Waals surface area (Å²) in [6.07, 6.45) is 6.38. The number of esters is 1.